The predicted molar refractivity (Wildman–Crippen MR) is 131 cm³/mol. The summed E-state index contributed by atoms with van der Waals surface area (Å²) in [5.74, 6) is 0.0461. The summed E-state index contributed by atoms with van der Waals surface area (Å²) in [6.45, 7) is 3.57. The van der Waals surface area contributed by atoms with E-state index in [0.29, 0.717) is 44.4 Å². The van der Waals surface area contributed by atoms with Crippen LogP contribution in [-0.4, -0.2) is 55.5 Å². The van der Waals surface area contributed by atoms with Gasteiger partial charge in [-0.15, -0.1) is 0 Å². The van der Waals surface area contributed by atoms with Gasteiger partial charge in [0, 0.05) is 37.7 Å². The number of rotatable bonds is 8. The van der Waals surface area contributed by atoms with Crippen molar-refractivity contribution in [3.63, 3.8) is 0 Å². The molecule has 178 valence electrons. The Bertz CT molecular complexity index is 1100. The van der Waals surface area contributed by atoms with Crippen molar-refractivity contribution in [1.29, 1.82) is 0 Å². The Labute approximate surface area is 204 Å². The minimum Gasteiger partial charge on any atom is -0.497 e. The molecule has 0 radical (unpaired) electrons. The van der Waals surface area contributed by atoms with Crippen LogP contribution in [0.25, 0.3) is 0 Å². The molecule has 0 N–H and O–H groups in total. The number of hydrogen-bond acceptors (Lipinski definition) is 4. The van der Waals surface area contributed by atoms with Crippen LogP contribution in [0.15, 0.2) is 72.8 Å². The van der Waals surface area contributed by atoms with E-state index < -0.39 is 5.82 Å². The zero-order valence-electron chi connectivity index (χ0n) is 19.1. The van der Waals surface area contributed by atoms with Crippen molar-refractivity contribution in [2.75, 3.05) is 39.8 Å². The molecule has 1 aliphatic rings. The molecule has 0 aromatic heterocycles. The fourth-order valence-corrected chi connectivity index (χ4v) is 4.19. The zero-order chi connectivity index (χ0) is 23.9. The molecule has 0 aliphatic carbocycles. The molecule has 0 unspecified atom stereocenters. The lowest BCUT2D eigenvalue weighted by Gasteiger charge is -2.36. The molecule has 1 amide bonds. The third-order valence-electron chi connectivity index (χ3n) is 6.01. The third kappa shape index (κ3) is 6.14. The smallest absolute Gasteiger partial charge is 0.256 e. The number of amides is 1. The summed E-state index contributed by atoms with van der Waals surface area (Å²) in [6.07, 6.45) is -0.169. The second kappa shape index (κ2) is 11.5. The number of nitrogens with zero attached hydrogens (tertiary/aromatic N) is 2. The van der Waals surface area contributed by atoms with Gasteiger partial charge in [-0.3, -0.25) is 9.69 Å². The van der Waals surface area contributed by atoms with E-state index in [0.717, 1.165) is 16.9 Å². The Hall–Kier alpha value is -2.93. The largest absolute Gasteiger partial charge is 0.497 e. The van der Waals surface area contributed by atoms with Crippen LogP contribution >= 0.6 is 11.6 Å². The van der Waals surface area contributed by atoms with E-state index >= 15 is 0 Å². The molecule has 1 saturated heterocycles. The second-order valence-corrected chi connectivity index (χ2v) is 8.71. The van der Waals surface area contributed by atoms with Crippen molar-refractivity contribution < 1.29 is 18.7 Å². The highest BCUT2D eigenvalue weighted by Crippen LogP contribution is 2.24. The van der Waals surface area contributed by atoms with Gasteiger partial charge in [0.15, 0.2) is 0 Å². The molecule has 4 rings (SSSR count). The molecule has 5 nitrogen and oxygen atoms in total. The monoisotopic (exact) mass is 482 g/mol. The fourth-order valence-electron chi connectivity index (χ4n) is 4.06. The van der Waals surface area contributed by atoms with Crippen molar-refractivity contribution in [1.82, 2.24) is 9.80 Å². The number of halogens is 2. The Morgan fingerprint density at radius 2 is 1.74 bits per heavy atom. The lowest BCUT2D eigenvalue weighted by atomic mass is 10.1. The highest BCUT2D eigenvalue weighted by atomic mass is 35.5. The Kier molecular flexibility index (Phi) is 8.16. The SMILES string of the molecule is COc1cccc(CO[C@H](CN2CCN(C(=O)c3ccccc3F)CC2)c2ccc(Cl)cc2)c1. The van der Waals surface area contributed by atoms with Gasteiger partial charge in [0.1, 0.15) is 11.6 Å². The van der Waals surface area contributed by atoms with E-state index in [9.17, 15) is 9.18 Å². The second-order valence-electron chi connectivity index (χ2n) is 8.28. The van der Waals surface area contributed by atoms with Crippen LogP contribution in [0.2, 0.25) is 5.02 Å². The van der Waals surface area contributed by atoms with Crippen LogP contribution in [0.3, 0.4) is 0 Å². The highest BCUT2D eigenvalue weighted by molar-refractivity contribution is 6.30. The summed E-state index contributed by atoms with van der Waals surface area (Å²) in [4.78, 5) is 16.7. The lowest BCUT2D eigenvalue weighted by Crippen LogP contribution is -2.49. The number of piperazine rings is 1. The van der Waals surface area contributed by atoms with Gasteiger partial charge in [0.2, 0.25) is 0 Å². The van der Waals surface area contributed by atoms with Crippen molar-refractivity contribution in [2.45, 2.75) is 12.7 Å². The van der Waals surface area contributed by atoms with Crippen LogP contribution in [0.4, 0.5) is 4.39 Å². The predicted octanol–water partition coefficient (Wildman–Crippen LogP) is 5.20. The molecule has 0 bridgehead atoms. The molecule has 1 atom stereocenters. The molecule has 1 fully saturated rings. The van der Waals surface area contributed by atoms with Gasteiger partial charge in [-0.05, 0) is 47.5 Å². The highest BCUT2D eigenvalue weighted by Gasteiger charge is 2.26. The van der Waals surface area contributed by atoms with Crippen LogP contribution in [0, 0.1) is 5.82 Å². The minimum absolute atomic E-state index is 0.122. The molecule has 0 spiro atoms. The molecular formula is C27H28ClFN2O3. The van der Waals surface area contributed by atoms with Gasteiger partial charge >= 0.3 is 0 Å². The minimum atomic E-state index is -0.483. The van der Waals surface area contributed by atoms with Gasteiger partial charge in [-0.1, -0.05) is 48.0 Å². The quantitative estimate of drug-likeness (QED) is 0.442. The van der Waals surface area contributed by atoms with E-state index in [4.69, 9.17) is 21.1 Å². The summed E-state index contributed by atoms with van der Waals surface area (Å²) in [7, 11) is 1.65. The number of hydrogen-bond donors (Lipinski definition) is 0. The first-order valence-electron chi connectivity index (χ1n) is 11.3. The molecule has 34 heavy (non-hydrogen) atoms. The van der Waals surface area contributed by atoms with Gasteiger partial charge in [-0.2, -0.15) is 0 Å². The summed E-state index contributed by atoms with van der Waals surface area (Å²) >= 11 is 6.09. The van der Waals surface area contributed by atoms with Crippen LogP contribution in [0.1, 0.15) is 27.6 Å². The Morgan fingerprint density at radius 3 is 2.44 bits per heavy atom. The first-order valence-corrected chi connectivity index (χ1v) is 11.7. The van der Waals surface area contributed by atoms with E-state index in [1.165, 1.54) is 12.1 Å². The molecule has 1 aliphatic heterocycles. The van der Waals surface area contributed by atoms with Crippen LogP contribution in [-0.2, 0) is 11.3 Å². The summed E-state index contributed by atoms with van der Waals surface area (Å²) < 4.78 is 25.7. The van der Waals surface area contributed by atoms with E-state index in [2.05, 4.69) is 4.90 Å². The Balaban J connectivity index is 1.40. The van der Waals surface area contributed by atoms with Crippen LogP contribution in [0.5, 0.6) is 5.75 Å². The van der Waals surface area contributed by atoms with E-state index in [-0.39, 0.29) is 17.6 Å². The number of carbonyl (C=O) groups excluding carboxylic acids is 1. The molecule has 1 heterocycles. The van der Waals surface area contributed by atoms with Gasteiger partial charge in [-0.25, -0.2) is 4.39 Å². The number of methoxy groups -OCH3 is 1. The maximum absolute atomic E-state index is 14.0. The Morgan fingerprint density at radius 1 is 1.00 bits per heavy atom. The van der Waals surface area contributed by atoms with E-state index in [1.807, 2.05) is 48.5 Å². The van der Waals surface area contributed by atoms with Gasteiger partial charge < -0.3 is 14.4 Å². The topological polar surface area (TPSA) is 42.0 Å². The van der Waals surface area contributed by atoms with Crippen molar-refractivity contribution in [3.05, 3.63) is 100 Å². The maximum atomic E-state index is 14.0. The molecule has 3 aromatic rings. The molecular weight excluding hydrogens is 455 g/mol. The van der Waals surface area contributed by atoms with Crippen molar-refractivity contribution in [2.24, 2.45) is 0 Å². The number of benzene rings is 3. The number of carbonyl (C=O) groups is 1. The average molecular weight is 483 g/mol. The van der Waals surface area contributed by atoms with Crippen molar-refractivity contribution in [3.8, 4) is 5.75 Å². The molecule has 7 heteroatoms. The first-order chi connectivity index (χ1) is 16.5. The van der Waals surface area contributed by atoms with Gasteiger partial charge in [0.25, 0.3) is 5.91 Å². The third-order valence-corrected chi connectivity index (χ3v) is 6.27. The summed E-state index contributed by atoms with van der Waals surface area (Å²) in [6, 6.07) is 21.6. The maximum Gasteiger partial charge on any atom is 0.256 e. The lowest BCUT2D eigenvalue weighted by molar-refractivity contribution is 0.00333. The number of ether oxygens (including phenoxy) is 2. The van der Waals surface area contributed by atoms with E-state index in [1.54, 1.807) is 24.1 Å². The van der Waals surface area contributed by atoms with Crippen molar-refractivity contribution >= 4 is 17.5 Å². The average Bonchev–Trinajstić information content (AvgIpc) is 2.87. The standard InChI is InChI=1S/C27H28ClFN2O3/c1-33-23-6-4-5-20(17-23)19-34-26(21-9-11-22(28)12-10-21)18-30-13-15-31(16-14-30)27(32)24-7-2-3-8-25(24)29/h2-12,17,26H,13-16,18-19H2,1H3/t26-/m1/s1. The molecule has 3 aromatic carbocycles. The zero-order valence-corrected chi connectivity index (χ0v) is 19.9. The first kappa shape index (κ1) is 24.2. The molecule has 0 saturated carbocycles. The summed E-state index contributed by atoms with van der Waals surface area (Å²) in [5, 5.41) is 0.676. The summed E-state index contributed by atoms with van der Waals surface area (Å²) in [5.41, 5.74) is 2.19. The normalized spacial score (nSPS) is 15.2. The van der Waals surface area contributed by atoms with Crippen LogP contribution < -0.4 is 4.74 Å². The fraction of sp³-hybridized carbons (Fsp3) is 0.296. The van der Waals surface area contributed by atoms with Gasteiger partial charge in [0.05, 0.1) is 25.4 Å².